The lowest BCUT2D eigenvalue weighted by atomic mass is 10.2. The van der Waals surface area contributed by atoms with Gasteiger partial charge >= 0.3 is 0 Å². The minimum absolute atomic E-state index is 0.351. The molecule has 4 nitrogen and oxygen atoms in total. The minimum Gasteiger partial charge on any atom is -0.326 e. The lowest BCUT2D eigenvalue weighted by Gasteiger charge is -2.00. The number of pyridine rings is 2. The number of hydrogen-bond donors (Lipinski definition) is 1. The molecule has 0 aliphatic rings. The number of rotatable bonds is 2. The fourth-order valence-corrected chi connectivity index (χ4v) is 2.09. The lowest BCUT2D eigenvalue weighted by molar-refractivity contribution is 0.622. The van der Waals surface area contributed by atoms with E-state index in [1.165, 1.54) is 12.3 Å². The molecule has 5 heteroatoms. The van der Waals surface area contributed by atoms with Crippen molar-refractivity contribution in [3.63, 3.8) is 0 Å². The van der Waals surface area contributed by atoms with Crippen molar-refractivity contribution in [1.29, 1.82) is 0 Å². The van der Waals surface area contributed by atoms with Crippen LogP contribution in [0.5, 0.6) is 0 Å². The van der Waals surface area contributed by atoms with Crippen molar-refractivity contribution in [2.45, 2.75) is 13.5 Å². The third-order valence-electron chi connectivity index (χ3n) is 3.14. The maximum atomic E-state index is 12.9. The topological polar surface area (TPSA) is 56.2 Å². The molecular weight excluding hydrogens is 243 g/mol. The van der Waals surface area contributed by atoms with Gasteiger partial charge in [0.05, 0.1) is 11.9 Å². The summed E-state index contributed by atoms with van der Waals surface area (Å²) in [6.07, 6.45) is 3.14. The fourth-order valence-electron chi connectivity index (χ4n) is 2.09. The third kappa shape index (κ3) is 1.98. The van der Waals surface area contributed by atoms with Crippen LogP contribution in [-0.4, -0.2) is 14.4 Å². The van der Waals surface area contributed by atoms with Gasteiger partial charge in [0.1, 0.15) is 17.2 Å². The Kier molecular flexibility index (Phi) is 2.76. The molecule has 0 saturated carbocycles. The lowest BCUT2D eigenvalue weighted by Crippen LogP contribution is -1.97. The predicted octanol–water partition coefficient (Wildman–Crippen LogP) is 2.30. The molecule has 0 aliphatic carbocycles. The number of aromatic nitrogens is 3. The smallest absolute Gasteiger partial charge is 0.141 e. The summed E-state index contributed by atoms with van der Waals surface area (Å²) in [5, 5.41) is 0. The Hall–Kier alpha value is -2.27. The fraction of sp³-hybridized carbons (Fsp3) is 0.143. The van der Waals surface area contributed by atoms with E-state index in [2.05, 4.69) is 9.97 Å². The highest BCUT2D eigenvalue weighted by molar-refractivity contribution is 5.63. The van der Waals surface area contributed by atoms with Gasteiger partial charge in [-0.05, 0) is 36.8 Å². The van der Waals surface area contributed by atoms with Crippen molar-refractivity contribution < 1.29 is 4.39 Å². The summed E-state index contributed by atoms with van der Waals surface area (Å²) in [4.78, 5) is 8.61. The van der Waals surface area contributed by atoms with Crippen molar-refractivity contribution in [2.24, 2.45) is 5.73 Å². The zero-order valence-corrected chi connectivity index (χ0v) is 10.5. The van der Waals surface area contributed by atoms with Crippen molar-refractivity contribution in [2.75, 3.05) is 0 Å². The first kappa shape index (κ1) is 11.8. The zero-order chi connectivity index (χ0) is 13.4. The van der Waals surface area contributed by atoms with Gasteiger partial charge in [-0.2, -0.15) is 0 Å². The number of imidazole rings is 1. The monoisotopic (exact) mass is 256 g/mol. The molecule has 0 amide bonds. The first-order chi connectivity index (χ1) is 9.19. The van der Waals surface area contributed by atoms with E-state index in [-0.39, 0.29) is 5.82 Å². The number of fused-ring (bicyclic) bond motifs is 1. The predicted molar refractivity (Wildman–Crippen MR) is 71.0 cm³/mol. The second kappa shape index (κ2) is 4.44. The molecule has 3 aromatic rings. The zero-order valence-electron chi connectivity index (χ0n) is 10.5. The van der Waals surface area contributed by atoms with E-state index in [1.54, 1.807) is 6.07 Å². The van der Waals surface area contributed by atoms with Crippen molar-refractivity contribution in [1.82, 2.24) is 14.4 Å². The van der Waals surface area contributed by atoms with Crippen LogP contribution < -0.4 is 5.73 Å². The molecule has 3 heterocycles. The van der Waals surface area contributed by atoms with Crippen LogP contribution in [0, 0.1) is 12.7 Å². The Morgan fingerprint density at radius 2 is 2.16 bits per heavy atom. The van der Waals surface area contributed by atoms with E-state index in [0.717, 1.165) is 22.6 Å². The average Bonchev–Trinajstić information content (AvgIpc) is 2.76. The van der Waals surface area contributed by atoms with Gasteiger partial charge in [0.15, 0.2) is 0 Å². The second-order valence-electron chi connectivity index (χ2n) is 4.37. The highest BCUT2D eigenvalue weighted by Crippen LogP contribution is 2.22. The normalized spacial score (nSPS) is 11.1. The minimum atomic E-state index is -0.351. The Morgan fingerprint density at radius 3 is 2.84 bits per heavy atom. The highest BCUT2D eigenvalue weighted by Gasteiger charge is 2.11. The van der Waals surface area contributed by atoms with E-state index in [9.17, 15) is 4.39 Å². The Morgan fingerprint density at radius 1 is 1.32 bits per heavy atom. The third-order valence-corrected chi connectivity index (χ3v) is 3.14. The van der Waals surface area contributed by atoms with Gasteiger partial charge in [-0.25, -0.2) is 9.37 Å². The van der Waals surface area contributed by atoms with Gasteiger partial charge in [-0.15, -0.1) is 0 Å². The molecule has 0 spiro atoms. The van der Waals surface area contributed by atoms with Gasteiger partial charge in [-0.1, -0.05) is 0 Å². The van der Waals surface area contributed by atoms with E-state index in [0.29, 0.717) is 12.2 Å². The first-order valence-corrected chi connectivity index (χ1v) is 5.98. The maximum Gasteiger partial charge on any atom is 0.141 e. The van der Waals surface area contributed by atoms with Gasteiger partial charge in [0.2, 0.25) is 0 Å². The molecular formula is C14H13FN4. The van der Waals surface area contributed by atoms with E-state index in [4.69, 9.17) is 5.73 Å². The Balaban J connectivity index is 2.19. The quantitative estimate of drug-likeness (QED) is 0.765. The van der Waals surface area contributed by atoms with Crippen molar-refractivity contribution in [3.05, 3.63) is 53.7 Å². The Labute approximate surface area is 109 Å². The van der Waals surface area contributed by atoms with Crippen LogP contribution in [0.3, 0.4) is 0 Å². The molecule has 0 radical (unpaired) electrons. The summed E-state index contributed by atoms with van der Waals surface area (Å²) < 4.78 is 14.9. The van der Waals surface area contributed by atoms with Gasteiger partial charge in [-0.3, -0.25) is 4.98 Å². The molecule has 0 fully saturated rings. The summed E-state index contributed by atoms with van der Waals surface area (Å²) >= 11 is 0. The molecule has 96 valence electrons. The molecule has 0 bridgehead atoms. The first-order valence-electron chi connectivity index (χ1n) is 5.98. The number of nitrogens with two attached hydrogens (primary N) is 1. The van der Waals surface area contributed by atoms with E-state index in [1.807, 2.05) is 29.7 Å². The highest BCUT2D eigenvalue weighted by atomic mass is 19.1. The second-order valence-corrected chi connectivity index (χ2v) is 4.37. The standard InChI is InChI=1S/C14H13FN4/c1-9-14(12-3-2-11(15)8-17-12)18-13-6-10(7-16)4-5-19(9)13/h2-6,8H,7,16H2,1H3. The van der Waals surface area contributed by atoms with Gasteiger partial charge < -0.3 is 10.1 Å². The molecule has 2 N–H and O–H groups in total. The van der Waals surface area contributed by atoms with Crippen LogP contribution >= 0.6 is 0 Å². The van der Waals surface area contributed by atoms with Crippen LogP contribution in [0.2, 0.25) is 0 Å². The summed E-state index contributed by atoms with van der Waals surface area (Å²) in [6.45, 7) is 2.44. The van der Waals surface area contributed by atoms with Crippen LogP contribution in [0.4, 0.5) is 4.39 Å². The average molecular weight is 256 g/mol. The van der Waals surface area contributed by atoms with E-state index >= 15 is 0 Å². The maximum absolute atomic E-state index is 12.9. The largest absolute Gasteiger partial charge is 0.326 e. The van der Waals surface area contributed by atoms with Crippen LogP contribution in [0.1, 0.15) is 11.3 Å². The molecule has 0 saturated heterocycles. The van der Waals surface area contributed by atoms with Crippen LogP contribution in [-0.2, 0) is 6.54 Å². The number of aryl methyl sites for hydroxylation is 1. The summed E-state index contributed by atoms with van der Waals surface area (Å²) in [6, 6.07) is 6.93. The van der Waals surface area contributed by atoms with Crippen LogP contribution in [0.15, 0.2) is 36.7 Å². The Bertz CT molecular complexity index is 731. The van der Waals surface area contributed by atoms with Crippen molar-refractivity contribution in [3.8, 4) is 11.4 Å². The molecule has 3 rings (SSSR count). The van der Waals surface area contributed by atoms with Gasteiger partial charge in [0.25, 0.3) is 0 Å². The summed E-state index contributed by atoms with van der Waals surface area (Å²) in [5.74, 6) is -0.351. The molecule has 0 atom stereocenters. The number of nitrogens with zero attached hydrogens (tertiary/aromatic N) is 3. The van der Waals surface area contributed by atoms with E-state index < -0.39 is 0 Å². The molecule has 19 heavy (non-hydrogen) atoms. The number of hydrogen-bond acceptors (Lipinski definition) is 3. The SMILES string of the molecule is Cc1c(-c2ccc(F)cn2)nc2cc(CN)ccn12. The molecule has 0 unspecified atom stereocenters. The molecule has 3 aromatic heterocycles. The van der Waals surface area contributed by atoms with Gasteiger partial charge in [0, 0.05) is 18.4 Å². The van der Waals surface area contributed by atoms with Crippen molar-refractivity contribution >= 4 is 5.65 Å². The molecule has 0 aromatic carbocycles. The summed E-state index contributed by atoms with van der Waals surface area (Å²) in [7, 11) is 0. The molecule has 0 aliphatic heterocycles. The number of halogens is 1. The summed E-state index contributed by atoms with van der Waals surface area (Å²) in [5.41, 5.74) is 9.86. The van der Waals surface area contributed by atoms with Crippen LogP contribution in [0.25, 0.3) is 17.0 Å².